The maximum atomic E-state index is 6.21. The van der Waals surface area contributed by atoms with Gasteiger partial charge in [0.05, 0.1) is 35.1 Å². The van der Waals surface area contributed by atoms with Gasteiger partial charge in [-0.25, -0.2) is 0 Å². The minimum absolute atomic E-state index is 0.0627. The van der Waals surface area contributed by atoms with E-state index in [0.717, 1.165) is 8.66 Å². The summed E-state index contributed by atoms with van der Waals surface area (Å²) in [5, 5.41) is 3.91. The van der Waals surface area contributed by atoms with E-state index in [9.17, 15) is 0 Å². The van der Waals surface area contributed by atoms with E-state index in [1.54, 1.807) is 34.0 Å². The molecule has 1 aliphatic heterocycles. The van der Waals surface area contributed by atoms with E-state index in [-0.39, 0.29) is 5.41 Å². The van der Waals surface area contributed by atoms with Crippen molar-refractivity contribution in [3.63, 3.8) is 0 Å². The lowest BCUT2D eigenvalue weighted by Gasteiger charge is -2.40. The van der Waals surface area contributed by atoms with E-state index in [0.29, 0.717) is 13.2 Å². The molecule has 1 aliphatic rings. The predicted molar refractivity (Wildman–Crippen MR) is 121 cm³/mol. The lowest BCUT2D eigenvalue weighted by atomic mass is 9.94. The maximum absolute atomic E-state index is 6.21. The lowest BCUT2D eigenvalue weighted by Crippen LogP contribution is -2.43. The minimum atomic E-state index is -0.668. The monoisotopic (exact) mass is 530 g/mol. The molecule has 4 heterocycles. The highest BCUT2D eigenvalue weighted by Gasteiger charge is 2.39. The molecule has 3 aromatic heterocycles. The second kappa shape index (κ2) is 5.99. The first-order valence-electron chi connectivity index (χ1n) is 8.28. The number of benzene rings is 1. The lowest BCUT2D eigenvalue weighted by molar-refractivity contribution is -0.296. The van der Waals surface area contributed by atoms with Crippen molar-refractivity contribution in [2.75, 3.05) is 13.2 Å². The van der Waals surface area contributed by atoms with Crippen molar-refractivity contribution in [2.24, 2.45) is 5.41 Å². The van der Waals surface area contributed by atoms with Crippen LogP contribution < -0.4 is 0 Å². The van der Waals surface area contributed by atoms with Crippen molar-refractivity contribution in [2.45, 2.75) is 26.6 Å². The van der Waals surface area contributed by atoms with Crippen LogP contribution in [0.4, 0.5) is 0 Å². The summed E-state index contributed by atoms with van der Waals surface area (Å²) in [6, 6.07) is 6.74. The molecule has 26 heavy (non-hydrogen) atoms. The SMILES string of the molecule is CC1(C)COC(C)(c2cc3c4cc(Br)sc4c4sc(Br)cc4c3s2)OC1. The molecule has 0 atom stereocenters. The molecular formula is C19H16Br2O2S3. The maximum Gasteiger partial charge on any atom is 0.201 e. The summed E-state index contributed by atoms with van der Waals surface area (Å²) in [5.74, 6) is -0.668. The molecule has 2 nitrogen and oxygen atoms in total. The Bertz CT molecular complexity index is 1080. The van der Waals surface area contributed by atoms with E-state index in [1.807, 2.05) is 0 Å². The van der Waals surface area contributed by atoms with Crippen LogP contribution in [0.15, 0.2) is 25.8 Å². The summed E-state index contributed by atoms with van der Waals surface area (Å²) in [4.78, 5) is 1.14. The van der Waals surface area contributed by atoms with E-state index in [1.165, 1.54) is 34.0 Å². The highest BCUT2D eigenvalue weighted by atomic mass is 79.9. The first-order chi connectivity index (χ1) is 12.3. The van der Waals surface area contributed by atoms with Crippen LogP contribution in [-0.4, -0.2) is 13.2 Å². The van der Waals surface area contributed by atoms with Crippen molar-refractivity contribution >= 4 is 96.1 Å². The topological polar surface area (TPSA) is 18.5 Å². The molecule has 1 fully saturated rings. The smallest absolute Gasteiger partial charge is 0.201 e. The number of ether oxygens (including phenoxy) is 2. The largest absolute Gasteiger partial charge is 0.345 e. The number of thiophene rings is 3. The molecule has 5 rings (SSSR count). The molecule has 136 valence electrons. The van der Waals surface area contributed by atoms with E-state index in [4.69, 9.17) is 9.47 Å². The minimum Gasteiger partial charge on any atom is -0.345 e. The molecule has 0 aliphatic carbocycles. The second-order valence-corrected chi connectivity index (χ2v) is 13.5. The van der Waals surface area contributed by atoms with E-state index < -0.39 is 5.79 Å². The third kappa shape index (κ3) is 2.74. The van der Waals surface area contributed by atoms with Crippen molar-refractivity contribution in [3.05, 3.63) is 30.6 Å². The van der Waals surface area contributed by atoms with Gasteiger partial charge in [-0.1, -0.05) is 13.8 Å². The highest BCUT2D eigenvalue weighted by molar-refractivity contribution is 9.11. The molecule has 1 aromatic carbocycles. The van der Waals surface area contributed by atoms with Crippen LogP contribution in [0.25, 0.3) is 30.3 Å². The highest BCUT2D eigenvalue weighted by Crippen LogP contribution is 2.50. The normalized spacial score (nSPS) is 19.7. The molecule has 0 radical (unpaired) electrons. The second-order valence-electron chi connectivity index (χ2n) is 7.63. The number of hydrogen-bond donors (Lipinski definition) is 0. The van der Waals surface area contributed by atoms with Crippen molar-refractivity contribution < 1.29 is 9.47 Å². The van der Waals surface area contributed by atoms with Gasteiger partial charge in [-0.15, -0.1) is 34.0 Å². The quantitative estimate of drug-likeness (QED) is 0.247. The fraction of sp³-hybridized carbons (Fsp3) is 0.368. The van der Waals surface area contributed by atoms with Gasteiger partial charge in [0.25, 0.3) is 0 Å². The molecule has 1 saturated heterocycles. The number of rotatable bonds is 1. The first-order valence-corrected chi connectivity index (χ1v) is 12.3. The number of fused-ring (bicyclic) bond motifs is 6. The van der Waals surface area contributed by atoms with Crippen LogP contribution >= 0.6 is 65.9 Å². The molecular weight excluding hydrogens is 516 g/mol. The Morgan fingerprint density at radius 3 is 1.96 bits per heavy atom. The molecule has 0 unspecified atom stereocenters. The predicted octanol–water partition coefficient (Wildman–Crippen LogP) is 8.10. The van der Waals surface area contributed by atoms with Gasteiger partial charge in [0, 0.05) is 26.3 Å². The van der Waals surface area contributed by atoms with Crippen LogP contribution in [0.3, 0.4) is 0 Å². The van der Waals surface area contributed by atoms with Crippen LogP contribution in [0.2, 0.25) is 0 Å². The summed E-state index contributed by atoms with van der Waals surface area (Å²) >= 11 is 12.8. The number of hydrogen-bond acceptors (Lipinski definition) is 5. The molecule has 7 heteroatoms. The third-order valence-electron chi connectivity index (χ3n) is 4.80. The van der Waals surface area contributed by atoms with Crippen molar-refractivity contribution in [1.29, 1.82) is 0 Å². The average molecular weight is 532 g/mol. The van der Waals surface area contributed by atoms with Gasteiger partial charge < -0.3 is 9.47 Å². The fourth-order valence-corrected chi connectivity index (χ4v) is 8.03. The van der Waals surface area contributed by atoms with Crippen LogP contribution in [0.5, 0.6) is 0 Å². The van der Waals surface area contributed by atoms with Gasteiger partial charge >= 0.3 is 0 Å². The molecule has 0 N–H and O–H groups in total. The fourth-order valence-electron chi connectivity index (χ4n) is 3.33. The van der Waals surface area contributed by atoms with Gasteiger partial charge in [0.15, 0.2) is 0 Å². The van der Waals surface area contributed by atoms with Crippen LogP contribution in [0.1, 0.15) is 25.6 Å². The summed E-state index contributed by atoms with van der Waals surface area (Å²) < 4.78 is 18.7. The van der Waals surface area contributed by atoms with Gasteiger partial charge in [0.2, 0.25) is 5.79 Å². The summed E-state index contributed by atoms with van der Waals surface area (Å²) in [7, 11) is 0. The van der Waals surface area contributed by atoms with Crippen LogP contribution in [0, 0.1) is 5.41 Å². The number of halogens is 2. The average Bonchev–Trinajstić information content (AvgIpc) is 3.25. The summed E-state index contributed by atoms with van der Waals surface area (Å²) in [5.41, 5.74) is 0.0627. The molecule has 4 aromatic rings. The Kier molecular flexibility index (Phi) is 4.15. The van der Waals surface area contributed by atoms with E-state index in [2.05, 4.69) is 70.8 Å². The van der Waals surface area contributed by atoms with E-state index >= 15 is 0 Å². The van der Waals surface area contributed by atoms with Crippen molar-refractivity contribution in [1.82, 2.24) is 0 Å². The Morgan fingerprint density at radius 1 is 0.769 bits per heavy atom. The Balaban J connectivity index is 1.77. The first kappa shape index (κ1) is 18.0. The van der Waals surface area contributed by atoms with Gasteiger partial charge in [-0.2, -0.15) is 0 Å². The Hall–Kier alpha value is -0.0200. The Morgan fingerprint density at radius 2 is 1.31 bits per heavy atom. The molecule has 0 bridgehead atoms. The third-order valence-corrected chi connectivity index (χ3v) is 9.59. The standard InChI is InChI=1S/C19H16Br2O2S3/c1-18(2)7-22-19(3,23-8-18)12-4-9-10-5-13(20)25-16(10)17-11(15(9)24-12)6-14(21)26-17/h4-6H,7-8H2,1-3H3. The zero-order valence-electron chi connectivity index (χ0n) is 14.4. The zero-order chi connectivity index (χ0) is 18.3. The van der Waals surface area contributed by atoms with Gasteiger partial charge in [-0.3, -0.25) is 0 Å². The van der Waals surface area contributed by atoms with Gasteiger partial charge in [0.1, 0.15) is 0 Å². The molecule has 0 amide bonds. The zero-order valence-corrected chi connectivity index (χ0v) is 20.1. The molecule has 0 saturated carbocycles. The van der Waals surface area contributed by atoms with Gasteiger partial charge in [-0.05, 0) is 57.0 Å². The van der Waals surface area contributed by atoms with Crippen LogP contribution in [-0.2, 0) is 15.3 Å². The van der Waals surface area contributed by atoms with Crippen molar-refractivity contribution in [3.8, 4) is 0 Å². The summed E-state index contributed by atoms with van der Waals surface area (Å²) in [6.07, 6.45) is 0. The summed E-state index contributed by atoms with van der Waals surface area (Å²) in [6.45, 7) is 7.81. The molecule has 0 spiro atoms. The Labute approximate surface area is 180 Å².